The van der Waals surface area contributed by atoms with Gasteiger partial charge in [0.05, 0.1) is 16.8 Å². The van der Waals surface area contributed by atoms with Crippen molar-refractivity contribution in [1.29, 1.82) is 0 Å². The van der Waals surface area contributed by atoms with Crippen LogP contribution in [0.4, 0.5) is 0 Å². The maximum absolute atomic E-state index is 10.00. The minimum absolute atomic E-state index is 0.535. The monoisotopic (exact) mass is 329 g/mol. The Morgan fingerprint density at radius 2 is 2.05 bits per heavy atom. The zero-order valence-electron chi connectivity index (χ0n) is 10.9. The van der Waals surface area contributed by atoms with E-state index in [4.69, 9.17) is 9.84 Å². The number of ether oxygens (including phenoxy) is 1. The number of thiazole rings is 1. The molecule has 0 spiro atoms. The predicted molar refractivity (Wildman–Crippen MR) is 79.2 cm³/mol. The number of aromatic nitrogens is 1. The van der Waals surface area contributed by atoms with Crippen molar-refractivity contribution in [2.45, 2.75) is 34.2 Å². The quantitative estimate of drug-likeness (QED) is 0.635. The fraction of sp³-hybridized carbons (Fsp3) is 0.462. The van der Waals surface area contributed by atoms with E-state index in [0.717, 1.165) is 10.2 Å². The molecule has 3 rings (SSSR count). The van der Waals surface area contributed by atoms with Gasteiger partial charge in [0.25, 0.3) is 0 Å². The molecule has 5 atom stereocenters. The number of hydrogen-bond acceptors (Lipinski definition) is 8. The van der Waals surface area contributed by atoms with Crippen molar-refractivity contribution in [3.63, 3.8) is 0 Å². The van der Waals surface area contributed by atoms with Crippen molar-refractivity contribution in [3.8, 4) is 0 Å². The van der Waals surface area contributed by atoms with Crippen LogP contribution in [0.1, 0.15) is 0 Å². The first-order chi connectivity index (χ1) is 10.1. The lowest BCUT2D eigenvalue weighted by atomic mass is 10.1. The summed E-state index contributed by atoms with van der Waals surface area (Å²) in [6.07, 6.45) is -4.61. The SMILES string of the molecule is OC[C@@H](O)[C@@H]1O[C@@H](Sc2nc3ccccc3s2)[C@H](O)[C@H]1O. The fourth-order valence-corrected chi connectivity index (χ4v) is 4.47. The van der Waals surface area contributed by atoms with E-state index in [0.29, 0.717) is 4.34 Å². The van der Waals surface area contributed by atoms with E-state index in [9.17, 15) is 15.3 Å². The fourth-order valence-electron chi connectivity index (χ4n) is 2.19. The molecule has 0 radical (unpaired) electrons. The highest BCUT2D eigenvalue weighted by Gasteiger charge is 2.46. The highest BCUT2D eigenvalue weighted by molar-refractivity contribution is 8.01. The molecular weight excluding hydrogens is 314 g/mol. The summed E-state index contributed by atoms with van der Waals surface area (Å²) in [7, 11) is 0. The van der Waals surface area contributed by atoms with Crippen LogP contribution in [0.2, 0.25) is 0 Å². The summed E-state index contributed by atoms with van der Waals surface area (Å²) < 4.78 is 7.20. The third-order valence-electron chi connectivity index (χ3n) is 3.31. The van der Waals surface area contributed by atoms with E-state index in [-0.39, 0.29) is 0 Å². The first-order valence-electron chi connectivity index (χ1n) is 6.43. The molecule has 0 aliphatic carbocycles. The second-order valence-corrected chi connectivity index (χ2v) is 7.14. The van der Waals surface area contributed by atoms with E-state index >= 15 is 0 Å². The van der Waals surface area contributed by atoms with E-state index < -0.39 is 36.5 Å². The van der Waals surface area contributed by atoms with Crippen molar-refractivity contribution in [1.82, 2.24) is 4.98 Å². The minimum Gasteiger partial charge on any atom is -0.394 e. The van der Waals surface area contributed by atoms with Crippen LogP contribution in [0.15, 0.2) is 28.6 Å². The second-order valence-electron chi connectivity index (χ2n) is 4.77. The summed E-state index contributed by atoms with van der Waals surface area (Å²) in [4.78, 5) is 4.42. The topological polar surface area (TPSA) is 103 Å². The lowest BCUT2D eigenvalue weighted by Gasteiger charge is -2.18. The Labute approximate surface area is 129 Å². The van der Waals surface area contributed by atoms with Crippen LogP contribution < -0.4 is 0 Å². The molecule has 1 aliphatic heterocycles. The van der Waals surface area contributed by atoms with Gasteiger partial charge < -0.3 is 25.2 Å². The van der Waals surface area contributed by atoms with Gasteiger partial charge in [-0.15, -0.1) is 11.3 Å². The maximum atomic E-state index is 10.00. The predicted octanol–water partition coefficient (Wildman–Crippen LogP) is 0.188. The van der Waals surface area contributed by atoms with Crippen LogP contribution in [-0.4, -0.2) is 61.9 Å². The lowest BCUT2D eigenvalue weighted by Crippen LogP contribution is -2.40. The van der Waals surface area contributed by atoms with Crippen LogP contribution in [0.25, 0.3) is 10.2 Å². The molecule has 1 aromatic carbocycles. The summed E-state index contributed by atoms with van der Waals surface area (Å²) in [5, 5.41) is 38.4. The zero-order chi connectivity index (χ0) is 15.0. The number of fused-ring (bicyclic) bond motifs is 1. The van der Waals surface area contributed by atoms with Crippen molar-refractivity contribution >= 4 is 33.3 Å². The van der Waals surface area contributed by atoms with Gasteiger partial charge in [0.2, 0.25) is 0 Å². The van der Waals surface area contributed by atoms with Gasteiger partial charge in [-0.25, -0.2) is 4.98 Å². The molecule has 4 N–H and O–H groups in total. The Morgan fingerprint density at radius 1 is 1.29 bits per heavy atom. The van der Waals surface area contributed by atoms with Gasteiger partial charge in [-0.1, -0.05) is 23.9 Å². The third kappa shape index (κ3) is 2.93. The minimum atomic E-state index is -1.24. The van der Waals surface area contributed by atoms with Gasteiger partial charge in [0.15, 0.2) is 4.34 Å². The Balaban J connectivity index is 1.75. The van der Waals surface area contributed by atoms with E-state index in [1.165, 1.54) is 23.1 Å². The van der Waals surface area contributed by atoms with Gasteiger partial charge in [-0.3, -0.25) is 0 Å². The van der Waals surface area contributed by atoms with Gasteiger partial charge in [0.1, 0.15) is 29.9 Å². The van der Waals surface area contributed by atoms with Gasteiger partial charge >= 0.3 is 0 Å². The van der Waals surface area contributed by atoms with Crippen LogP contribution in [0, 0.1) is 0 Å². The van der Waals surface area contributed by atoms with Crippen molar-refractivity contribution in [2.24, 2.45) is 0 Å². The average Bonchev–Trinajstić information content (AvgIpc) is 3.02. The zero-order valence-corrected chi connectivity index (χ0v) is 12.5. The molecular formula is C13H15NO5S2. The third-order valence-corrected chi connectivity index (χ3v) is 5.60. The summed E-state index contributed by atoms with van der Waals surface area (Å²) in [5.41, 5.74) is 0.136. The number of benzene rings is 1. The largest absolute Gasteiger partial charge is 0.394 e. The number of aliphatic hydroxyl groups excluding tert-OH is 4. The molecule has 21 heavy (non-hydrogen) atoms. The maximum Gasteiger partial charge on any atom is 0.153 e. The lowest BCUT2D eigenvalue weighted by molar-refractivity contribution is -0.0713. The standard InChI is InChI=1S/C13H15NO5S2/c15-5-7(16)11-9(17)10(18)12(19-11)21-13-14-6-3-1-2-4-8(6)20-13/h1-4,7,9-12,15-18H,5H2/t7-,9-,10-,11+,12+/m1/s1. The van der Waals surface area contributed by atoms with Gasteiger partial charge in [0, 0.05) is 0 Å². The number of rotatable bonds is 4. The van der Waals surface area contributed by atoms with Crippen LogP contribution >= 0.6 is 23.1 Å². The molecule has 1 aromatic heterocycles. The van der Waals surface area contributed by atoms with Gasteiger partial charge in [-0.05, 0) is 12.1 Å². The number of hydrogen-bond donors (Lipinski definition) is 4. The highest BCUT2D eigenvalue weighted by atomic mass is 32.2. The number of para-hydroxylation sites is 1. The molecule has 1 fully saturated rings. The van der Waals surface area contributed by atoms with E-state index in [1.807, 2.05) is 24.3 Å². The van der Waals surface area contributed by atoms with Crippen molar-refractivity contribution in [2.75, 3.05) is 6.61 Å². The molecule has 6 nitrogen and oxygen atoms in total. The molecule has 0 unspecified atom stereocenters. The smallest absolute Gasteiger partial charge is 0.153 e. The normalized spacial score (nSPS) is 30.9. The Kier molecular flexibility index (Phi) is 4.46. The first-order valence-corrected chi connectivity index (χ1v) is 8.12. The summed E-state index contributed by atoms with van der Waals surface area (Å²) in [5.74, 6) is 0. The summed E-state index contributed by atoms with van der Waals surface area (Å²) >= 11 is 2.67. The van der Waals surface area contributed by atoms with Crippen LogP contribution in [0.5, 0.6) is 0 Å². The molecule has 1 saturated heterocycles. The van der Waals surface area contributed by atoms with E-state index in [1.54, 1.807) is 0 Å². The Hall–Kier alpha value is -0.740. The molecule has 2 heterocycles. The Morgan fingerprint density at radius 3 is 2.76 bits per heavy atom. The van der Waals surface area contributed by atoms with Gasteiger partial charge in [-0.2, -0.15) is 0 Å². The number of nitrogens with zero attached hydrogens (tertiary/aromatic N) is 1. The number of aliphatic hydroxyl groups is 4. The van der Waals surface area contributed by atoms with E-state index in [2.05, 4.69) is 4.98 Å². The first kappa shape index (κ1) is 15.2. The summed E-state index contributed by atoms with van der Waals surface area (Å²) in [6, 6.07) is 7.67. The second kappa shape index (κ2) is 6.17. The molecule has 114 valence electrons. The molecule has 0 amide bonds. The van der Waals surface area contributed by atoms with Crippen molar-refractivity contribution in [3.05, 3.63) is 24.3 Å². The molecule has 8 heteroatoms. The van der Waals surface area contributed by atoms with Crippen LogP contribution in [0.3, 0.4) is 0 Å². The summed E-state index contributed by atoms with van der Waals surface area (Å²) in [6.45, 7) is -0.535. The van der Waals surface area contributed by atoms with Crippen molar-refractivity contribution < 1.29 is 25.2 Å². The highest BCUT2D eigenvalue weighted by Crippen LogP contribution is 2.38. The molecule has 1 aliphatic rings. The average molecular weight is 329 g/mol. The molecule has 2 aromatic rings. The molecule has 0 saturated carbocycles. The van der Waals surface area contributed by atoms with Crippen LogP contribution in [-0.2, 0) is 4.74 Å². The Bertz CT molecular complexity index is 588. The molecule has 0 bridgehead atoms. The number of thioether (sulfide) groups is 1.